The molecule has 1 fully saturated rings. The summed E-state index contributed by atoms with van der Waals surface area (Å²) < 4.78 is 0. The maximum atomic E-state index is 3.41. The lowest BCUT2D eigenvalue weighted by Gasteiger charge is -2.40. The first-order valence-electron chi connectivity index (χ1n) is 5.15. The highest BCUT2D eigenvalue weighted by atomic mass is 14.9. The molecule has 0 radical (unpaired) electrons. The summed E-state index contributed by atoms with van der Waals surface area (Å²) in [5.41, 5.74) is 3.22. The topological polar surface area (TPSA) is 12.0 Å². The Bertz CT molecular complexity index is 332. The molecule has 0 saturated heterocycles. The Morgan fingerprint density at radius 1 is 1.31 bits per heavy atom. The van der Waals surface area contributed by atoms with E-state index in [9.17, 15) is 0 Å². The van der Waals surface area contributed by atoms with Crippen LogP contribution in [0.25, 0.3) is 0 Å². The van der Waals surface area contributed by atoms with Crippen LogP contribution in [0.5, 0.6) is 0 Å². The Hall–Kier alpha value is -0.820. The van der Waals surface area contributed by atoms with Crippen LogP contribution in [-0.4, -0.2) is 13.1 Å². The molecule has 0 aromatic heterocycles. The molecule has 1 aromatic rings. The van der Waals surface area contributed by atoms with Crippen LogP contribution < -0.4 is 5.32 Å². The van der Waals surface area contributed by atoms with Gasteiger partial charge in [0.15, 0.2) is 0 Å². The van der Waals surface area contributed by atoms with E-state index in [1.165, 1.54) is 12.8 Å². The van der Waals surface area contributed by atoms with E-state index in [1.54, 1.807) is 11.1 Å². The summed E-state index contributed by atoms with van der Waals surface area (Å²) in [5, 5.41) is 3.41. The lowest BCUT2D eigenvalue weighted by molar-refractivity contribution is 0.194. The number of rotatable bonds is 1. The fraction of sp³-hybridized carbons (Fsp3) is 0.500. The zero-order chi connectivity index (χ0) is 8.84. The molecule has 1 aromatic carbocycles. The minimum absolute atomic E-state index is 0.775. The number of nitrogens with one attached hydrogen (secondary N) is 1. The summed E-state index contributed by atoms with van der Waals surface area (Å²) in [4.78, 5) is 0. The zero-order valence-electron chi connectivity index (χ0n) is 7.96. The number of hydrogen-bond donors (Lipinski definition) is 1. The van der Waals surface area contributed by atoms with Crippen LogP contribution in [0.4, 0.5) is 0 Å². The Kier molecular flexibility index (Phi) is 1.50. The molecule has 0 heterocycles. The average Bonchev–Trinajstić information content (AvgIpc) is 2.41. The van der Waals surface area contributed by atoms with Gasteiger partial charge in [-0.2, -0.15) is 0 Å². The van der Waals surface area contributed by atoms with Gasteiger partial charge in [0.1, 0.15) is 0 Å². The molecule has 1 heteroatoms. The quantitative estimate of drug-likeness (QED) is 0.684. The fourth-order valence-electron chi connectivity index (χ4n) is 3.02. The van der Waals surface area contributed by atoms with Crippen LogP contribution in [0, 0.1) is 5.92 Å². The van der Waals surface area contributed by atoms with Gasteiger partial charge < -0.3 is 5.32 Å². The van der Waals surface area contributed by atoms with Crippen molar-refractivity contribution in [1.82, 2.24) is 5.32 Å². The summed E-state index contributed by atoms with van der Waals surface area (Å²) in [6, 6.07) is 9.72. The van der Waals surface area contributed by atoms with E-state index in [0.717, 1.165) is 17.9 Å². The van der Waals surface area contributed by atoms with E-state index < -0.39 is 0 Å². The zero-order valence-corrected chi connectivity index (χ0v) is 7.96. The monoisotopic (exact) mass is 173 g/mol. The van der Waals surface area contributed by atoms with Crippen molar-refractivity contribution in [2.24, 2.45) is 5.92 Å². The smallest absolute Gasteiger partial charge is 0.0107 e. The Morgan fingerprint density at radius 3 is 3.00 bits per heavy atom. The molecule has 0 aliphatic heterocycles. The van der Waals surface area contributed by atoms with Crippen molar-refractivity contribution in [2.75, 3.05) is 7.05 Å². The highest BCUT2D eigenvalue weighted by molar-refractivity contribution is 5.39. The average molecular weight is 173 g/mol. The van der Waals surface area contributed by atoms with Crippen LogP contribution in [0.1, 0.15) is 23.5 Å². The van der Waals surface area contributed by atoms with Crippen molar-refractivity contribution in [1.29, 1.82) is 0 Å². The summed E-state index contributed by atoms with van der Waals surface area (Å²) in [6.45, 7) is 0. The van der Waals surface area contributed by atoms with Gasteiger partial charge in [0.25, 0.3) is 0 Å². The Balaban J connectivity index is 1.93. The molecular formula is C12H15N. The molecule has 3 unspecified atom stereocenters. The number of benzene rings is 1. The highest BCUT2D eigenvalue weighted by Crippen LogP contribution is 2.50. The van der Waals surface area contributed by atoms with Gasteiger partial charge in [-0.1, -0.05) is 24.3 Å². The minimum atomic E-state index is 0.775. The minimum Gasteiger partial charge on any atom is -0.317 e. The lowest BCUT2D eigenvalue weighted by atomic mass is 9.70. The van der Waals surface area contributed by atoms with Crippen molar-refractivity contribution < 1.29 is 0 Å². The maximum Gasteiger partial charge on any atom is 0.0107 e. The van der Waals surface area contributed by atoms with Crippen LogP contribution >= 0.6 is 0 Å². The number of hydrogen-bond acceptors (Lipinski definition) is 1. The molecule has 68 valence electrons. The number of fused-ring (bicyclic) bond motifs is 3. The third kappa shape index (κ3) is 0.910. The summed E-state index contributed by atoms with van der Waals surface area (Å²) in [6.07, 6.45) is 2.64. The van der Waals surface area contributed by atoms with E-state index in [4.69, 9.17) is 0 Å². The first kappa shape index (κ1) is 7.57. The SMILES string of the molecule is CNC1CC2c3ccccc3CC12. The Labute approximate surface area is 79.2 Å². The van der Waals surface area contributed by atoms with Crippen molar-refractivity contribution in [3.8, 4) is 0 Å². The van der Waals surface area contributed by atoms with E-state index >= 15 is 0 Å². The van der Waals surface area contributed by atoms with Crippen LogP contribution in [0.3, 0.4) is 0 Å². The summed E-state index contributed by atoms with van der Waals surface area (Å²) >= 11 is 0. The largest absolute Gasteiger partial charge is 0.317 e. The van der Waals surface area contributed by atoms with Gasteiger partial charge in [-0.3, -0.25) is 0 Å². The first-order valence-corrected chi connectivity index (χ1v) is 5.15. The molecule has 13 heavy (non-hydrogen) atoms. The second kappa shape index (κ2) is 2.58. The molecule has 0 bridgehead atoms. The van der Waals surface area contributed by atoms with E-state index in [2.05, 4.69) is 36.6 Å². The normalized spacial score (nSPS) is 35.0. The van der Waals surface area contributed by atoms with Gasteiger partial charge in [0.2, 0.25) is 0 Å². The second-order valence-electron chi connectivity index (χ2n) is 4.30. The van der Waals surface area contributed by atoms with Gasteiger partial charge in [-0.15, -0.1) is 0 Å². The molecule has 0 spiro atoms. The molecule has 2 aliphatic carbocycles. The van der Waals surface area contributed by atoms with Crippen LogP contribution in [0.2, 0.25) is 0 Å². The van der Waals surface area contributed by atoms with Crippen molar-refractivity contribution in [3.05, 3.63) is 35.4 Å². The molecule has 1 nitrogen and oxygen atoms in total. The molecule has 1 N–H and O–H groups in total. The first-order chi connectivity index (χ1) is 6.40. The molecule has 2 aliphatic rings. The predicted molar refractivity (Wildman–Crippen MR) is 53.8 cm³/mol. The molecule has 3 rings (SSSR count). The van der Waals surface area contributed by atoms with Gasteiger partial charge in [0, 0.05) is 6.04 Å². The summed E-state index contributed by atoms with van der Waals surface area (Å²) in [5.74, 6) is 1.76. The van der Waals surface area contributed by atoms with Crippen molar-refractivity contribution >= 4 is 0 Å². The third-order valence-corrected chi connectivity index (χ3v) is 3.82. The third-order valence-electron chi connectivity index (χ3n) is 3.82. The fourth-order valence-corrected chi connectivity index (χ4v) is 3.02. The maximum absolute atomic E-state index is 3.41. The van der Waals surface area contributed by atoms with Gasteiger partial charge in [-0.25, -0.2) is 0 Å². The van der Waals surface area contributed by atoms with Gasteiger partial charge >= 0.3 is 0 Å². The highest BCUT2D eigenvalue weighted by Gasteiger charge is 2.45. The molecular weight excluding hydrogens is 158 g/mol. The van der Waals surface area contributed by atoms with Crippen molar-refractivity contribution in [3.63, 3.8) is 0 Å². The summed E-state index contributed by atoms with van der Waals surface area (Å²) in [7, 11) is 2.09. The Morgan fingerprint density at radius 2 is 2.15 bits per heavy atom. The van der Waals surface area contributed by atoms with Gasteiger partial charge in [0.05, 0.1) is 0 Å². The standard InChI is InChI=1S/C12H15N/c1-13-12-7-10-9-5-3-2-4-8(9)6-11(10)12/h2-5,10-13H,6-7H2,1H3. The molecule has 3 atom stereocenters. The van der Waals surface area contributed by atoms with Crippen LogP contribution in [0.15, 0.2) is 24.3 Å². The van der Waals surface area contributed by atoms with E-state index in [-0.39, 0.29) is 0 Å². The lowest BCUT2D eigenvalue weighted by Crippen LogP contribution is -2.46. The van der Waals surface area contributed by atoms with Gasteiger partial charge in [-0.05, 0) is 42.9 Å². The predicted octanol–water partition coefficient (Wildman–Crippen LogP) is 1.93. The molecule has 1 saturated carbocycles. The molecule has 0 amide bonds. The van der Waals surface area contributed by atoms with E-state index in [1.807, 2.05) is 0 Å². The second-order valence-corrected chi connectivity index (χ2v) is 4.30. The van der Waals surface area contributed by atoms with Crippen molar-refractivity contribution in [2.45, 2.75) is 24.8 Å². The van der Waals surface area contributed by atoms with E-state index in [0.29, 0.717) is 0 Å². The van der Waals surface area contributed by atoms with Crippen LogP contribution in [-0.2, 0) is 6.42 Å².